The average molecular weight is 514 g/mol. The van der Waals surface area contributed by atoms with Crippen LogP contribution in [0.1, 0.15) is 22.7 Å². The molecule has 0 fully saturated rings. The minimum atomic E-state index is -0.988. The number of benzene rings is 3. The highest BCUT2D eigenvalue weighted by Crippen LogP contribution is 2.41. The van der Waals surface area contributed by atoms with E-state index in [1.165, 1.54) is 29.2 Å². The maximum atomic E-state index is 13.1. The maximum Gasteiger partial charge on any atom is 0.334 e. The van der Waals surface area contributed by atoms with Crippen LogP contribution in [-0.4, -0.2) is 43.7 Å². The summed E-state index contributed by atoms with van der Waals surface area (Å²) in [6.45, 7) is 0. The van der Waals surface area contributed by atoms with Crippen molar-refractivity contribution < 1.29 is 34.8 Å². The fourth-order valence-corrected chi connectivity index (χ4v) is 4.25. The van der Waals surface area contributed by atoms with Gasteiger partial charge in [0.05, 0.1) is 6.04 Å². The Morgan fingerprint density at radius 2 is 1.64 bits per heavy atom. The van der Waals surface area contributed by atoms with Crippen LogP contribution >= 0.6 is 15.9 Å². The van der Waals surface area contributed by atoms with Gasteiger partial charge >= 0.3 is 5.97 Å². The molecule has 170 valence electrons. The molecule has 2 atom stereocenters. The summed E-state index contributed by atoms with van der Waals surface area (Å²) < 4.78 is 6.31. The van der Waals surface area contributed by atoms with E-state index in [0.717, 1.165) is 4.47 Å². The molecule has 0 saturated heterocycles. The van der Waals surface area contributed by atoms with Gasteiger partial charge in [0, 0.05) is 10.9 Å². The minimum Gasteiger partial charge on any atom is -0.504 e. The number of carbonyl (C=O) groups is 2. The van der Waals surface area contributed by atoms with Crippen LogP contribution in [0.2, 0.25) is 0 Å². The highest BCUT2D eigenvalue weighted by molar-refractivity contribution is 9.10. The van der Waals surface area contributed by atoms with Crippen molar-refractivity contribution in [2.45, 2.75) is 24.9 Å². The Labute approximate surface area is 197 Å². The van der Waals surface area contributed by atoms with Gasteiger partial charge in [0.2, 0.25) is 6.41 Å². The van der Waals surface area contributed by atoms with E-state index < -0.39 is 18.1 Å². The van der Waals surface area contributed by atoms with E-state index in [0.29, 0.717) is 28.8 Å². The molecular weight excluding hydrogens is 494 g/mol. The molecule has 8 nitrogen and oxygen atoms in total. The lowest BCUT2D eigenvalue weighted by Crippen LogP contribution is -2.49. The number of hydrogen-bond acceptors (Lipinski definition) is 7. The molecule has 33 heavy (non-hydrogen) atoms. The Bertz CT molecular complexity index is 1210. The number of aromatic hydroxyl groups is 4. The molecule has 0 aliphatic carbocycles. The topological polar surface area (TPSA) is 128 Å². The third kappa shape index (κ3) is 4.58. The smallest absolute Gasteiger partial charge is 0.334 e. The van der Waals surface area contributed by atoms with Crippen LogP contribution in [0.15, 0.2) is 59.1 Å². The summed E-state index contributed by atoms with van der Waals surface area (Å²) in [4.78, 5) is 26.5. The summed E-state index contributed by atoms with van der Waals surface area (Å²) in [6.07, 6.45) is 0.797. The zero-order valence-corrected chi connectivity index (χ0v) is 18.8. The van der Waals surface area contributed by atoms with Gasteiger partial charge in [-0.25, -0.2) is 4.79 Å². The molecule has 1 aliphatic heterocycles. The summed E-state index contributed by atoms with van der Waals surface area (Å²) in [5.41, 5.74) is 1.72. The normalized spacial score (nSPS) is 17.3. The van der Waals surface area contributed by atoms with E-state index >= 15 is 0 Å². The van der Waals surface area contributed by atoms with Crippen molar-refractivity contribution in [3.8, 4) is 28.7 Å². The third-order valence-corrected chi connectivity index (χ3v) is 6.15. The second kappa shape index (κ2) is 9.03. The van der Waals surface area contributed by atoms with E-state index in [1.807, 2.05) is 0 Å². The molecule has 0 aromatic heterocycles. The second-order valence-electron chi connectivity index (χ2n) is 7.73. The molecule has 1 amide bonds. The number of nitrogens with zero attached hydrogens (tertiary/aromatic N) is 1. The minimum absolute atomic E-state index is 0.0780. The van der Waals surface area contributed by atoms with Gasteiger partial charge in [-0.2, -0.15) is 0 Å². The van der Waals surface area contributed by atoms with Crippen LogP contribution in [-0.2, 0) is 22.4 Å². The van der Waals surface area contributed by atoms with Crippen molar-refractivity contribution in [3.05, 3.63) is 75.8 Å². The molecule has 0 bridgehead atoms. The van der Waals surface area contributed by atoms with Crippen molar-refractivity contribution in [1.82, 2.24) is 4.90 Å². The lowest BCUT2D eigenvalue weighted by molar-refractivity contribution is -0.146. The first kappa shape index (κ1) is 22.5. The molecule has 9 heteroatoms. The molecule has 1 aliphatic rings. The molecule has 3 aromatic carbocycles. The van der Waals surface area contributed by atoms with Crippen LogP contribution in [0.3, 0.4) is 0 Å². The summed E-state index contributed by atoms with van der Waals surface area (Å²) in [7, 11) is 0. The number of ether oxygens (including phenoxy) is 1. The van der Waals surface area contributed by atoms with Crippen molar-refractivity contribution >= 4 is 28.3 Å². The summed E-state index contributed by atoms with van der Waals surface area (Å²) in [5.74, 6) is -1.63. The predicted molar refractivity (Wildman–Crippen MR) is 121 cm³/mol. The third-order valence-electron chi connectivity index (χ3n) is 5.62. The monoisotopic (exact) mass is 513 g/mol. The molecule has 0 saturated carbocycles. The number of amides is 1. The fraction of sp³-hybridized carbons (Fsp3) is 0.167. The number of hydrogen-bond donors (Lipinski definition) is 4. The van der Waals surface area contributed by atoms with Gasteiger partial charge in [0.15, 0.2) is 23.0 Å². The van der Waals surface area contributed by atoms with E-state index in [-0.39, 0.29) is 35.8 Å². The predicted octanol–water partition coefficient (Wildman–Crippen LogP) is 3.54. The second-order valence-corrected chi connectivity index (χ2v) is 8.65. The molecular formula is C24H20BrNO7. The van der Waals surface area contributed by atoms with E-state index in [2.05, 4.69) is 15.9 Å². The van der Waals surface area contributed by atoms with E-state index in [9.17, 15) is 30.0 Å². The summed E-state index contributed by atoms with van der Waals surface area (Å²) >= 11 is 3.32. The zero-order chi connectivity index (χ0) is 23.7. The van der Waals surface area contributed by atoms with Gasteiger partial charge in [-0.05, 0) is 71.6 Å². The summed E-state index contributed by atoms with van der Waals surface area (Å²) in [6, 6.07) is 12.0. The standard InChI is InChI=1S/C24H20BrNO7/c25-15-2-4-16(5-3-15)33-24(32)19-9-14-10-22(30)23(31)11-17(14)18(26(19)12-27)7-13-1-6-20(28)21(29)8-13/h1-6,8,10-12,18-19,28-31H,7,9H2/t18-,19-/m0/s1. The molecule has 0 spiro atoms. The van der Waals surface area contributed by atoms with Crippen molar-refractivity contribution in [3.63, 3.8) is 0 Å². The lowest BCUT2D eigenvalue weighted by Gasteiger charge is -2.40. The number of fused-ring (bicyclic) bond motifs is 1. The molecule has 4 rings (SSSR count). The number of halogens is 1. The first-order valence-electron chi connectivity index (χ1n) is 10.0. The average Bonchev–Trinajstić information content (AvgIpc) is 2.78. The molecule has 1 heterocycles. The van der Waals surface area contributed by atoms with Gasteiger partial charge in [0.25, 0.3) is 0 Å². The highest BCUT2D eigenvalue weighted by atomic mass is 79.9. The van der Waals surface area contributed by atoms with Gasteiger partial charge < -0.3 is 30.1 Å². The van der Waals surface area contributed by atoms with Gasteiger partial charge in [-0.3, -0.25) is 4.79 Å². The van der Waals surface area contributed by atoms with Crippen LogP contribution in [0.5, 0.6) is 28.7 Å². The fourth-order valence-electron chi connectivity index (χ4n) is 3.99. The Kier molecular flexibility index (Phi) is 6.15. The molecule has 4 N–H and O–H groups in total. The Balaban J connectivity index is 1.72. The van der Waals surface area contributed by atoms with Crippen LogP contribution in [0, 0.1) is 0 Å². The van der Waals surface area contributed by atoms with Crippen LogP contribution in [0.4, 0.5) is 0 Å². The number of phenolic OH excluding ortho intramolecular Hbond substituents is 4. The first-order valence-corrected chi connectivity index (χ1v) is 10.8. The number of carbonyl (C=O) groups excluding carboxylic acids is 2. The Morgan fingerprint density at radius 3 is 2.30 bits per heavy atom. The molecule has 3 aromatic rings. The van der Waals surface area contributed by atoms with Crippen LogP contribution in [0.25, 0.3) is 0 Å². The first-order chi connectivity index (χ1) is 15.8. The highest BCUT2D eigenvalue weighted by Gasteiger charge is 2.39. The zero-order valence-electron chi connectivity index (χ0n) is 17.2. The Morgan fingerprint density at radius 1 is 0.970 bits per heavy atom. The van der Waals surface area contributed by atoms with Crippen molar-refractivity contribution in [2.24, 2.45) is 0 Å². The number of phenols is 4. The molecule has 0 unspecified atom stereocenters. The lowest BCUT2D eigenvalue weighted by atomic mass is 9.85. The number of rotatable bonds is 5. The van der Waals surface area contributed by atoms with Crippen molar-refractivity contribution in [1.29, 1.82) is 0 Å². The largest absolute Gasteiger partial charge is 0.504 e. The summed E-state index contributed by atoms with van der Waals surface area (Å²) in [5, 5.41) is 39.5. The number of esters is 1. The van der Waals surface area contributed by atoms with E-state index in [4.69, 9.17) is 4.74 Å². The van der Waals surface area contributed by atoms with Gasteiger partial charge in [0.1, 0.15) is 11.8 Å². The van der Waals surface area contributed by atoms with E-state index in [1.54, 1.807) is 30.3 Å². The van der Waals surface area contributed by atoms with Crippen molar-refractivity contribution in [2.75, 3.05) is 0 Å². The van der Waals surface area contributed by atoms with Gasteiger partial charge in [-0.1, -0.05) is 22.0 Å². The van der Waals surface area contributed by atoms with Crippen LogP contribution < -0.4 is 4.74 Å². The molecule has 0 radical (unpaired) electrons. The maximum absolute atomic E-state index is 13.1. The quantitative estimate of drug-likeness (QED) is 0.178. The van der Waals surface area contributed by atoms with Gasteiger partial charge in [-0.15, -0.1) is 0 Å². The SMILES string of the molecule is O=CN1[C@H](C(=O)Oc2ccc(Br)cc2)Cc2cc(O)c(O)cc2[C@@H]1Cc1ccc(O)c(O)c1. The Hall–Kier alpha value is -3.72.